The first kappa shape index (κ1) is 19.5. The van der Waals surface area contributed by atoms with Gasteiger partial charge in [-0.3, -0.25) is 19.0 Å². The normalized spacial score (nSPS) is 10.6. The molecule has 1 amide bonds. The third-order valence-corrected chi connectivity index (χ3v) is 4.40. The molecule has 1 aromatic heterocycles. The molecule has 144 valence electrons. The zero-order chi connectivity index (χ0) is 19.9. The predicted molar refractivity (Wildman–Crippen MR) is 107 cm³/mol. The van der Waals surface area contributed by atoms with E-state index in [1.54, 1.807) is 24.4 Å². The number of carbonyl (C=O) groups excluding carboxylic acids is 2. The van der Waals surface area contributed by atoms with Crippen LogP contribution < -0.4 is 10.1 Å². The Bertz CT molecular complexity index is 987. The number of hydrogen-bond acceptors (Lipinski definition) is 4. The minimum absolute atomic E-state index is 0.0250. The maximum Gasteiger partial charge on any atom is 0.211 e. The maximum atomic E-state index is 12.2. The number of rotatable bonds is 9. The number of ketones is 1. The highest BCUT2D eigenvalue weighted by molar-refractivity contribution is 5.91. The van der Waals surface area contributed by atoms with Gasteiger partial charge < -0.3 is 10.1 Å². The average molecular weight is 380 g/mol. The number of hydrogen-bond donors (Lipinski definition) is 1. The van der Waals surface area contributed by atoms with E-state index >= 15 is 0 Å². The van der Waals surface area contributed by atoms with Crippen molar-refractivity contribution in [3.05, 3.63) is 59.8 Å². The number of pyridine rings is 1. The average Bonchev–Trinajstić information content (AvgIpc) is 2.69. The van der Waals surface area contributed by atoms with Crippen molar-refractivity contribution < 1.29 is 18.7 Å². The van der Waals surface area contributed by atoms with Gasteiger partial charge in [-0.25, -0.2) is 0 Å². The molecular formula is C22H21FN2O3. The molecule has 1 N–H and O–H groups in total. The van der Waals surface area contributed by atoms with Crippen LogP contribution in [-0.4, -0.2) is 23.9 Å². The van der Waals surface area contributed by atoms with Crippen LogP contribution in [0.15, 0.2) is 48.7 Å². The van der Waals surface area contributed by atoms with Crippen molar-refractivity contribution in [2.45, 2.75) is 26.2 Å². The van der Waals surface area contributed by atoms with Crippen LogP contribution in [0.3, 0.4) is 0 Å². The number of nitrogens with zero attached hydrogens (tertiary/aromatic N) is 1. The number of anilines is 1. The molecule has 1 heterocycles. The van der Waals surface area contributed by atoms with Gasteiger partial charge in [0.05, 0.1) is 12.2 Å². The molecule has 3 aromatic rings. The molecule has 28 heavy (non-hydrogen) atoms. The van der Waals surface area contributed by atoms with Gasteiger partial charge in [-0.2, -0.15) is 0 Å². The van der Waals surface area contributed by atoms with Crippen molar-refractivity contribution in [3.63, 3.8) is 0 Å². The molecule has 0 aliphatic carbocycles. The summed E-state index contributed by atoms with van der Waals surface area (Å²) in [5, 5.41) is 3.46. The molecular weight excluding hydrogens is 359 g/mol. The Morgan fingerprint density at radius 3 is 2.71 bits per heavy atom. The molecule has 0 saturated carbocycles. The molecule has 0 atom stereocenters. The third kappa shape index (κ3) is 4.71. The fourth-order valence-corrected chi connectivity index (χ4v) is 2.96. The number of nitrogens with one attached hydrogen (secondary N) is 1. The lowest BCUT2D eigenvalue weighted by Gasteiger charge is -2.12. The second-order valence-electron chi connectivity index (χ2n) is 6.51. The van der Waals surface area contributed by atoms with Gasteiger partial charge >= 0.3 is 0 Å². The van der Waals surface area contributed by atoms with Crippen molar-refractivity contribution in [2.24, 2.45) is 0 Å². The predicted octanol–water partition coefficient (Wildman–Crippen LogP) is 4.77. The number of alkyl halides is 1. The largest absolute Gasteiger partial charge is 0.457 e. The van der Waals surface area contributed by atoms with E-state index in [0.717, 1.165) is 22.0 Å². The highest BCUT2D eigenvalue weighted by atomic mass is 19.1. The van der Waals surface area contributed by atoms with Gasteiger partial charge in [-0.15, -0.1) is 0 Å². The highest BCUT2D eigenvalue weighted by Gasteiger charge is 2.09. The van der Waals surface area contributed by atoms with Gasteiger partial charge in [0, 0.05) is 30.1 Å². The highest BCUT2D eigenvalue weighted by Crippen LogP contribution is 2.32. The van der Waals surface area contributed by atoms with Crippen molar-refractivity contribution in [3.8, 4) is 11.5 Å². The zero-order valence-electron chi connectivity index (χ0n) is 15.6. The van der Waals surface area contributed by atoms with Crippen molar-refractivity contribution in [1.82, 2.24) is 4.98 Å². The van der Waals surface area contributed by atoms with Gasteiger partial charge in [0.1, 0.15) is 17.3 Å². The standard InChI is InChI=1S/C22H21FN2O3/c1-15-11-21-19(13-20(15)25-14-26)22(8-10-24-21)28-18-6-4-16(5-7-18)12-17(27)3-2-9-23/h4-8,10-11,13-14H,2-3,9,12H2,1H3,(H,25,26). The van der Waals surface area contributed by atoms with Crippen LogP contribution >= 0.6 is 0 Å². The number of ether oxygens (including phenoxy) is 1. The van der Waals surface area contributed by atoms with Crippen LogP contribution in [0.2, 0.25) is 0 Å². The van der Waals surface area contributed by atoms with Crippen LogP contribution in [-0.2, 0) is 16.0 Å². The number of amides is 1. The molecule has 0 unspecified atom stereocenters. The number of benzene rings is 2. The summed E-state index contributed by atoms with van der Waals surface area (Å²) in [6, 6.07) is 12.7. The number of fused-ring (bicyclic) bond motifs is 1. The molecule has 0 radical (unpaired) electrons. The third-order valence-electron chi connectivity index (χ3n) is 4.40. The van der Waals surface area contributed by atoms with E-state index in [0.29, 0.717) is 30.0 Å². The molecule has 0 aliphatic heterocycles. The van der Waals surface area contributed by atoms with Crippen LogP contribution in [0, 0.1) is 6.92 Å². The fourth-order valence-electron chi connectivity index (χ4n) is 2.96. The number of Topliss-reactive ketones (excluding diaryl/α,β-unsaturated/α-hetero) is 1. The first-order valence-corrected chi connectivity index (χ1v) is 9.04. The quantitative estimate of drug-likeness (QED) is 0.543. The minimum Gasteiger partial charge on any atom is -0.457 e. The van der Waals surface area contributed by atoms with Crippen molar-refractivity contribution >= 4 is 28.8 Å². The Hall–Kier alpha value is -3.28. The van der Waals surface area contributed by atoms with Gasteiger partial charge in [0.15, 0.2) is 0 Å². The molecule has 5 nitrogen and oxygen atoms in total. The van der Waals surface area contributed by atoms with Gasteiger partial charge in [-0.1, -0.05) is 12.1 Å². The summed E-state index contributed by atoms with van der Waals surface area (Å²) in [6.07, 6.45) is 3.13. The minimum atomic E-state index is -0.470. The molecule has 0 saturated heterocycles. The van der Waals surface area contributed by atoms with E-state index in [1.165, 1.54) is 0 Å². The Morgan fingerprint density at radius 2 is 2.00 bits per heavy atom. The Labute approximate surface area is 162 Å². The molecule has 0 spiro atoms. The molecule has 0 aliphatic rings. The van der Waals surface area contributed by atoms with Crippen LogP contribution in [0.4, 0.5) is 10.1 Å². The summed E-state index contributed by atoms with van der Waals surface area (Å²) >= 11 is 0. The van der Waals surface area contributed by atoms with E-state index in [4.69, 9.17) is 4.74 Å². The summed E-state index contributed by atoms with van der Waals surface area (Å²) in [6.45, 7) is 1.43. The molecule has 3 rings (SSSR count). The first-order chi connectivity index (χ1) is 13.6. The second kappa shape index (κ2) is 9.08. The number of halogens is 1. The summed E-state index contributed by atoms with van der Waals surface area (Å²) in [5.41, 5.74) is 3.24. The summed E-state index contributed by atoms with van der Waals surface area (Å²) in [7, 11) is 0. The summed E-state index contributed by atoms with van der Waals surface area (Å²) in [4.78, 5) is 26.9. The smallest absolute Gasteiger partial charge is 0.211 e. The summed E-state index contributed by atoms with van der Waals surface area (Å²) in [5.74, 6) is 1.26. The Kier molecular flexibility index (Phi) is 6.32. The number of aromatic nitrogens is 1. The monoisotopic (exact) mass is 380 g/mol. The Balaban J connectivity index is 1.79. The zero-order valence-corrected chi connectivity index (χ0v) is 15.6. The second-order valence-corrected chi connectivity index (χ2v) is 6.51. The van der Waals surface area contributed by atoms with Gasteiger partial charge in [-0.05, 0) is 54.8 Å². The molecule has 0 fully saturated rings. The molecule has 0 bridgehead atoms. The van der Waals surface area contributed by atoms with E-state index in [-0.39, 0.29) is 18.6 Å². The summed E-state index contributed by atoms with van der Waals surface area (Å²) < 4.78 is 18.2. The number of aryl methyl sites for hydroxylation is 1. The first-order valence-electron chi connectivity index (χ1n) is 9.04. The van der Waals surface area contributed by atoms with Crippen LogP contribution in [0.25, 0.3) is 10.9 Å². The maximum absolute atomic E-state index is 12.2. The number of carbonyl (C=O) groups is 2. The van der Waals surface area contributed by atoms with Gasteiger partial charge in [0.25, 0.3) is 0 Å². The SMILES string of the molecule is Cc1cc2nccc(Oc3ccc(CC(=O)CCCF)cc3)c2cc1NC=O. The van der Waals surface area contributed by atoms with Crippen molar-refractivity contribution in [2.75, 3.05) is 12.0 Å². The Morgan fingerprint density at radius 1 is 1.21 bits per heavy atom. The van der Waals surface area contributed by atoms with E-state index in [2.05, 4.69) is 10.3 Å². The lowest BCUT2D eigenvalue weighted by Crippen LogP contribution is -2.02. The molecule has 6 heteroatoms. The van der Waals surface area contributed by atoms with E-state index in [9.17, 15) is 14.0 Å². The topological polar surface area (TPSA) is 68.3 Å². The molecule has 2 aromatic carbocycles. The van der Waals surface area contributed by atoms with E-state index in [1.807, 2.05) is 31.2 Å². The fraction of sp³-hybridized carbons (Fsp3) is 0.227. The van der Waals surface area contributed by atoms with Crippen LogP contribution in [0.5, 0.6) is 11.5 Å². The lowest BCUT2D eigenvalue weighted by molar-refractivity contribution is -0.118. The van der Waals surface area contributed by atoms with Gasteiger partial charge in [0.2, 0.25) is 6.41 Å². The van der Waals surface area contributed by atoms with E-state index < -0.39 is 6.67 Å². The van der Waals surface area contributed by atoms with Crippen LogP contribution in [0.1, 0.15) is 24.0 Å². The lowest BCUT2D eigenvalue weighted by atomic mass is 10.1. The van der Waals surface area contributed by atoms with Crippen molar-refractivity contribution in [1.29, 1.82) is 0 Å².